The molecule has 0 atom stereocenters. The van der Waals surface area contributed by atoms with Crippen molar-refractivity contribution in [3.63, 3.8) is 0 Å². The maximum Gasteiger partial charge on any atom is 0.490 e. The summed E-state index contributed by atoms with van der Waals surface area (Å²) in [6.07, 6.45) is -5.08. The molecule has 32 heavy (non-hydrogen) atoms. The first kappa shape index (κ1) is 25.8. The Labute approximate surface area is 188 Å². The van der Waals surface area contributed by atoms with Gasteiger partial charge in [-0.05, 0) is 17.5 Å². The molecule has 1 aliphatic heterocycles. The van der Waals surface area contributed by atoms with Crippen LogP contribution in [0.4, 0.5) is 13.2 Å². The average molecular weight is 477 g/mol. The van der Waals surface area contributed by atoms with Gasteiger partial charge in [0.25, 0.3) is 0 Å². The molecule has 0 aliphatic carbocycles. The summed E-state index contributed by atoms with van der Waals surface area (Å²) in [6, 6.07) is 8.35. The van der Waals surface area contributed by atoms with Crippen LogP contribution in [0.2, 0.25) is 0 Å². The van der Waals surface area contributed by atoms with Crippen LogP contribution in [0.5, 0.6) is 17.2 Å². The van der Waals surface area contributed by atoms with Crippen LogP contribution < -0.4 is 14.2 Å². The van der Waals surface area contributed by atoms with Crippen LogP contribution in [0.1, 0.15) is 10.4 Å². The van der Waals surface area contributed by atoms with E-state index in [9.17, 15) is 13.2 Å². The summed E-state index contributed by atoms with van der Waals surface area (Å²) in [7, 11) is 4.97. The monoisotopic (exact) mass is 476 g/mol. The van der Waals surface area contributed by atoms with Crippen molar-refractivity contribution in [3.8, 4) is 17.2 Å². The number of rotatable bonds is 7. The zero-order chi connectivity index (χ0) is 23.7. The standard InChI is InChI=1S/C19H26N2O3S.C2HF3O2/c1-22-17-7-6-15(18(23-2)19(17)24-3)13-20-8-10-21(11-9-20)14-16-5-4-12-25-16;3-2(4,5)1(6)7/h4-7,12H,8-11,13-14H2,1-3H3;(H,6,7). The largest absolute Gasteiger partial charge is 0.493 e. The first-order valence-corrected chi connectivity index (χ1v) is 10.6. The van der Waals surface area contributed by atoms with Crippen LogP contribution in [0, 0.1) is 0 Å². The minimum atomic E-state index is -5.08. The predicted molar refractivity (Wildman–Crippen MR) is 115 cm³/mol. The minimum absolute atomic E-state index is 0.666. The summed E-state index contributed by atoms with van der Waals surface area (Å²) in [5, 5.41) is 9.27. The summed E-state index contributed by atoms with van der Waals surface area (Å²) in [6.45, 7) is 6.22. The quantitative estimate of drug-likeness (QED) is 0.653. The van der Waals surface area contributed by atoms with E-state index in [1.807, 2.05) is 17.4 Å². The molecule has 2 heterocycles. The number of methoxy groups -OCH3 is 3. The first-order chi connectivity index (χ1) is 15.2. The number of aliphatic carboxylic acids is 1. The highest BCUT2D eigenvalue weighted by Gasteiger charge is 2.38. The van der Waals surface area contributed by atoms with Crippen LogP contribution in [0.3, 0.4) is 0 Å². The number of benzene rings is 1. The molecular formula is C21H27F3N2O5S. The molecule has 178 valence electrons. The molecule has 0 unspecified atom stereocenters. The number of thiophene rings is 1. The van der Waals surface area contributed by atoms with Crippen molar-refractivity contribution in [1.82, 2.24) is 9.80 Å². The molecule has 0 radical (unpaired) electrons. The van der Waals surface area contributed by atoms with Gasteiger partial charge in [0.1, 0.15) is 0 Å². The Morgan fingerprint density at radius 3 is 1.97 bits per heavy atom. The number of carboxylic acids is 1. The van der Waals surface area contributed by atoms with Gasteiger partial charge in [-0.1, -0.05) is 12.1 Å². The van der Waals surface area contributed by atoms with E-state index in [0.29, 0.717) is 11.5 Å². The Bertz CT molecular complexity index is 854. The van der Waals surface area contributed by atoms with Gasteiger partial charge in [-0.15, -0.1) is 11.3 Å². The van der Waals surface area contributed by atoms with Crippen molar-refractivity contribution < 1.29 is 37.3 Å². The topological polar surface area (TPSA) is 71.5 Å². The van der Waals surface area contributed by atoms with Crippen molar-refractivity contribution in [2.24, 2.45) is 0 Å². The van der Waals surface area contributed by atoms with Crippen molar-refractivity contribution in [2.75, 3.05) is 47.5 Å². The van der Waals surface area contributed by atoms with Crippen LogP contribution in [-0.2, 0) is 17.9 Å². The van der Waals surface area contributed by atoms with Crippen LogP contribution in [0.15, 0.2) is 29.6 Å². The molecule has 1 N–H and O–H groups in total. The van der Waals surface area contributed by atoms with Crippen LogP contribution >= 0.6 is 11.3 Å². The molecule has 2 aromatic rings. The van der Waals surface area contributed by atoms with Crippen molar-refractivity contribution in [1.29, 1.82) is 0 Å². The number of ether oxygens (including phenoxy) is 3. The molecule has 1 aliphatic rings. The summed E-state index contributed by atoms with van der Waals surface area (Å²) >= 11 is 1.83. The van der Waals surface area contributed by atoms with E-state index < -0.39 is 12.1 Å². The molecule has 0 saturated carbocycles. The average Bonchev–Trinajstić information content (AvgIpc) is 3.27. The molecule has 1 aromatic heterocycles. The number of halogens is 3. The third-order valence-corrected chi connectivity index (χ3v) is 5.71. The van der Waals surface area contributed by atoms with Crippen molar-refractivity contribution in [2.45, 2.75) is 19.3 Å². The smallest absolute Gasteiger partial charge is 0.490 e. The highest BCUT2D eigenvalue weighted by Crippen LogP contribution is 2.40. The zero-order valence-electron chi connectivity index (χ0n) is 18.1. The van der Waals surface area contributed by atoms with E-state index >= 15 is 0 Å². The molecule has 0 bridgehead atoms. The molecule has 7 nitrogen and oxygen atoms in total. The molecule has 1 aromatic carbocycles. The highest BCUT2D eigenvalue weighted by atomic mass is 32.1. The fourth-order valence-electron chi connectivity index (χ4n) is 3.26. The van der Waals surface area contributed by atoms with Gasteiger partial charge < -0.3 is 19.3 Å². The third-order valence-electron chi connectivity index (χ3n) is 4.85. The summed E-state index contributed by atoms with van der Waals surface area (Å²) in [4.78, 5) is 15.3. The van der Waals surface area contributed by atoms with Gasteiger partial charge in [-0.2, -0.15) is 13.2 Å². The Kier molecular flexibility index (Phi) is 9.60. The predicted octanol–water partition coefficient (Wildman–Crippen LogP) is 3.73. The first-order valence-electron chi connectivity index (χ1n) is 9.74. The fourth-order valence-corrected chi connectivity index (χ4v) is 4.00. The number of carboxylic acid groups (broad SMARTS) is 1. The van der Waals surface area contributed by atoms with Gasteiger partial charge in [0, 0.05) is 49.7 Å². The lowest BCUT2D eigenvalue weighted by molar-refractivity contribution is -0.192. The van der Waals surface area contributed by atoms with Crippen LogP contribution in [-0.4, -0.2) is 74.6 Å². The molecule has 3 rings (SSSR count). The number of nitrogens with zero attached hydrogens (tertiary/aromatic N) is 2. The molecule has 0 spiro atoms. The van der Waals surface area contributed by atoms with Gasteiger partial charge in [-0.3, -0.25) is 9.80 Å². The van der Waals surface area contributed by atoms with Gasteiger partial charge in [0.2, 0.25) is 5.75 Å². The van der Waals surface area contributed by atoms with Gasteiger partial charge in [0.15, 0.2) is 11.5 Å². The van der Waals surface area contributed by atoms with Gasteiger partial charge in [0.05, 0.1) is 21.3 Å². The van der Waals surface area contributed by atoms with E-state index in [1.165, 1.54) is 4.88 Å². The zero-order valence-corrected chi connectivity index (χ0v) is 19.0. The Morgan fingerprint density at radius 1 is 0.969 bits per heavy atom. The summed E-state index contributed by atoms with van der Waals surface area (Å²) in [5.41, 5.74) is 1.13. The van der Waals surface area contributed by atoms with E-state index in [2.05, 4.69) is 33.4 Å². The fraction of sp³-hybridized carbons (Fsp3) is 0.476. The third kappa shape index (κ3) is 7.28. The normalized spacial score (nSPS) is 14.9. The number of carbonyl (C=O) groups is 1. The van der Waals surface area contributed by atoms with Crippen LogP contribution in [0.25, 0.3) is 0 Å². The lowest BCUT2D eigenvalue weighted by atomic mass is 10.1. The SMILES string of the molecule is COc1ccc(CN2CCN(Cc3cccs3)CC2)c(OC)c1OC.O=C(O)C(F)(F)F. The molecule has 0 amide bonds. The van der Waals surface area contributed by atoms with Crippen molar-refractivity contribution in [3.05, 3.63) is 40.1 Å². The number of hydrogen-bond donors (Lipinski definition) is 1. The minimum Gasteiger partial charge on any atom is -0.493 e. The Hall–Kier alpha value is -2.50. The number of hydrogen-bond acceptors (Lipinski definition) is 7. The molecule has 1 saturated heterocycles. The lowest BCUT2D eigenvalue weighted by Crippen LogP contribution is -2.45. The van der Waals surface area contributed by atoms with E-state index in [4.69, 9.17) is 24.1 Å². The maximum atomic E-state index is 10.6. The second-order valence-electron chi connectivity index (χ2n) is 6.93. The lowest BCUT2D eigenvalue weighted by Gasteiger charge is -2.34. The summed E-state index contributed by atoms with van der Waals surface area (Å²) in [5.74, 6) is -0.627. The maximum absolute atomic E-state index is 10.6. The molecular weight excluding hydrogens is 449 g/mol. The van der Waals surface area contributed by atoms with E-state index in [1.54, 1.807) is 21.3 Å². The number of alkyl halides is 3. The highest BCUT2D eigenvalue weighted by molar-refractivity contribution is 7.09. The second-order valence-corrected chi connectivity index (χ2v) is 7.96. The van der Waals surface area contributed by atoms with Gasteiger partial charge in [-0.25, -0.2) is 4.79 Å². The van der Waals surface area contributed by atoms with E-state index in [-0.39, 0.29) is 0 Å². The summed E-state index contributed by atoms with van der Waals surface area (Å²) < 4.78 is 48.2. The molecule has 1 fully saturated rings. The Morgan fingerprint density at radius 2 is 1.53 bits per heavy atom. The van der Waals surface area contributed by atoms with Crippen molar-refractivity contribution >= 4 is 17.3 Å². The van der Waals surface area contributed by atoms with Gasteiger partial charge >= 0.3 is 12.1 Å². The Balaban J connectivity index is 0.000000451. The molecule has 11 heteroatoms. The number of piperazine rings is 1. The second kappa shape index (κ2) is 11.9. The van der Waals surface area contributed by atoms with E-state index in [0.717, 1.165) is 50.6 Å².